The van der Waals surface area contributed by atoms with Crippen molar-refractivity contribution in [2.75, 3.05) is 5.32 Å². The molecule has 1 unspecified atom stereocenters. The van der Waals surface area contributed by atoms with E-state index in [1.165, 1.54) is 8.97 Å². The van der Waals surface area contributed by atoms with E-state index in [0.717, 1.165) is 16.7 Å². The largest absolute Gasteiger partial charge is 0.354 e. The summed E-state index contributed by atoms with van der Waals surface area (Å²) in [6.45, 7) is 5.50. The summed E-state index contributed by atoms with van der Waals surface area (Å²) in [6, 6.07) is 14.0. The minimum absolute atomic E-state index is 0.0181. The number of nitrogens with zero attached hydrogens (tertiary/aromatic N) is 4. The van der Waals surface area contributed by atoms with Crippen LogP contribution in [0.3, 0.4) is 0 Å². The molecule has 0 bridgehead atoms. The smallest absolute Gasteiger partial charge is 0.352 e. The van der Waals surface area contributed by atoms with Gasteiger partial charge in [0.05, 0.1) is 10.9 Å². The maximum absolute atomic E-state index is 13.3. The first-order chi connectivity index (χ1) is 16.8. The van der Waals surface area contributed by atoms with Crippen molar-refractivity contribution in [3.05, 3.63) is 74.9 Å². The summed E-state index contributed by atoms with van der Waals surface area (Å²) in [5.74, 6) is -0.539. The van der Waals surface area contributed by atoms with Gasteiger partial charge in [-0.1, -0.05) is 31.2 Å². The average molecular weight is 477 g/mol. The van der Waals surface area contributed by atoms with Crippen LogP contribution in [-0.4, -0.2) is 36.6 Å². The fourth-order valence-corrected chi connectivity index (χ4v) is 3.89. The number of anilines is 1. The van der Waals surface area contributed by atoms with Gasteiger partial charge in [0.25, 0.3) is 5.56 Å². The molecule has 2 aromatic heterocycles. The van der Waals surface area contributed by atoms with Crippen LogP contribution in [0.15, 0.2) is 58.1 Å². The molecule has 0 saturated carbocycles. The minimum atomic E-state index is -0.548. The van der Waals surface area contributed by atoms with E-state index < -0.39 is 11.6 Å². The fraction of sp³-hybridized carbons (Fsp3) is 0.320. The normalized spacial score (nSPS) is 12.1. The number of hydrogen-bond acceptors (Lipinski definition) is 5. The van der Waals surface area contributed by atoms with Gasteiger partial charge in [-0.2, -0.15) is 0 Å². The van der Waals surface area contributed by atoms with E-state index in [0.29, 0.717) is 16.6 Å². The molecule has 4 rings (SSSR count). The Morgan fingerprint density at radius 2 is 1.83 bits per heavy atom. The summed E-state index contributed by atoms with van der Waals surface area (Å²) in [4.78, 5) is 51.5. The molecule has 10 nitrogen and oxygen atoms in total. The van der Waals surface area contributed by atoms with Crippen molar-refractivity contribution >= 4 is 34.2 Å². The zero-order valence-corrected chi connectivity index (χ0v) is 19.9. The van der Waals surface area contributed by atoms with Crippen LogP contribution in [0.2, 0.25) is 0 Å². The van der Waals surface area contributed by atoms with Crippen LogP contribution < -0.4 is 21.9 Å². The highest BCUT2D eigenvalue weighted by atomic mass is 16.2. The molecule has 0 aliphatic rings. The van der Waals surface area contributed by atoms with Crippen molar-refractivity contribution in [2.24, 2.45) is 0 Å². The lowest BCUT2D eigenvalue weighted by Crippen LogP contribution is -2.34. The number of carbonyl (C=O) groups is 2. The highest BCUT2D eigenvalue weighted by Gasteiger charge is 2.19. The number of carbonyl (C=O) groups excluding carboxylic acids is 2. The Morgan fingerprint density at radius 1 is 1.06 bits per heavy atom. The first-order valence-corrected chi connectivity index (χ1v) is 11.6. The number of rotatable bonds is 8. The van der Waals surface area contributed by atoms with Gasteiger partial charge in [-0.05, 0) is 50.1 Å². The lowest BCUT2D eigenvalue weighted by Gasteiger charge is -2.12. The zero-order chi connectivity index (χ0) is 25.1. The quantitative estimate of drug-likeness (QED) is 0.403. The maximum Gasteiger partial charge on any atom is 0.352 e. The van der Waals surface area contributed by atoms with E-state index >= 15 is 0 Å². The van der Waals surface area contributed by atoms with Gasteiger partial charge >= 0.3 is 5.69 Å². The Labute approximate surface area is 201 Å². The van der Waals surface area contributed by atoms with Crippen LogP contribution in [-0.2, 0) is 22.7 Å². The van der Waals surface area contributed by atoms with E-state index in [4.69, 9.17) is 0 Å². The van der Waals surface area contributed by atoms with Crippen LogP contribution >= 0.6 is 0 Å². The van der Waals surface area contributed by atoms with Gasteiger partial charge < -0.3 is 10.6 Å². The number of nitrogens with one attached hydrogen (secondary N) is 2. The molecule has 0 saturated heterocycles. The van der Waals surface area contributed by atoms with Crippen LogP contribution in [0.4, 0.5) is 5.69 Å². The standard InChI is InChI=1S/C25H28N6O4/c1-4-17(3)26-21(32)12-13-29-23(34)19-10-5-6-11-20(19)31-24(29)28-30(25(31)35)15-22(33)27-18-9-7-8-16(2)14-18/h5-11,14,17H,4,12-13,15H2,1-3H3,(H,26,32)(H,27,33). The van der Waals surface area contributed by atoms with Crippen molar-refractivity contribution in [1.29, 1.82) is 0 Å². The molecule has 182 valence electrons. The topological polar surface area (TPSA) is 120 Å². The Hall–Kier alpha value is -4.21. The van der Waals surface area contributed by atoms with Gasteiger partial charge in [0.2, 0.25) is 17.6 Å². The number of fused-ring (bicyclic) bond motifs is 3. The molecule has 0 spiro atoms. The Morgan fingerprint density at radius 3 is 2.57 bits per heavy atom. The van der Waals surface area contributed by atoms with Crippen molar-refractivity contribution < 1.29 is 9.59 Å². The first kappa shape index (κ1) is 23.9. The summed E-state index contributed by atoms with van der Waals surface area (Å²) >= 11 is 0. The maximum atomic E-state index is 13.3. The highest BCUT2D eigenvalue weighted by Crippen LogP contribution is 2.12. The molecule has 0 fully saturated rings. The molecule has 0 aliphatic heterocycles. The van der Waals surface area contributed by atoms with Crippen molar-refractivity contribution in [3.63, 3.8) is 0 Å². The van der Waals surface area contributed by atoms with Crippen LogP contribution in [0.5, 0.6) is 0 Å². The SMILES string of the molecule is CCC(C)NC(=O)CCn1c(=O)c2ccccc2n2c(=O)n(CC(=O)Nc3cccc(C)c3)nc12. The number of aromatic nitrogens is 4. The molecule has 0 aliphatic carbocycles. The molecule has 2 N–H and O–H groups in total. The molecule has 2 amide bonds. The third-order valence-electron chi connectivity index (χ3n) is 5.86. The average Bonchev–Trinajstić information content (AvgIpc) is 3.14. The summed E-state index contributed by atoms with van der Waals surface area (Å²) in [5, 5.41) is 10.3. The Balaban J connectivity index is 1.71. The lowest BCUT2D eigenvalue weighted by atomic mass is 10.2. The first-order valence-electron chi connectivity index (χ1n) is 11.6. The monoisotopic (exact) mass is 476 g/mol. The van der Waals surface area contributed by atoms with E-state index in [1.807, 2.05) is 39.0 Å². The van der Waals surface area contributed by atoms with Crippen LogP contribution in [0, 0.1) is 6.92 Å². The molecule has 4 aromatic rings. The predicted molar refractivity (Wildman–Crippen MR) is 134 cm³/mol. The number of amides is 2. The molecular formula is C25H28N6O4. The third-order valence-corrected chi connectivity index (χ3v) is 5.86. The second-order valence-corrected chi connectivity index (χ2v) is 8.59. The van der Waals surface area contributed by atoms with Crippen LogP contribution in [0.25, 0.3) is 16.7 Å². The van der Waals surface area contributed by atoms with E-state index in [1.54, 1.807) is 30.3 Å². The van der Waals surface area contributed by atoms with Gasteiger partial charge in [0.15, 0.2) is 0 Å². The summed E-state index contributed by atoms with van der Waals surface area (Å²) in [7, 11) is 0. The highest BCUT2D eigenvalue weighted by molar-refractivity contribution is 5.90. The number of hydrogen-bond donors (Lipinski definition) is 2. The van der Waals surface area contributed by atoms with Gasteiger partial charge in [0, 0.05) is 24.7 Å². The molecule has 1 atom stereocenters. The van der Waals surface area contributed by atoms with E-state index in [-0.39, 0.29) is 42.8 Å². The number of aryl methyl sites for hydroxylation is 2. The van der Waals surface area contributed by atoms with E-state index in [9.17, 15) is 19.2 Å². The van der Waals surface area contributed by atoms with Crippen molar-refractivity contribution in [3.8, 4) is 0 Å². The zero-order valence-electron chi connectivity index (χ0n) is 19.9. The predicted octanol–water partition coefficient (Wildman–Crippen LogP) is 2.06. The van der Waals surface area contributed by atoms with Crippen molar-refractivity contribution in [1.82, 2.24) is 24.1 Å². The fourth-order valence-electron chi connectivity index (χ4n) is 3.89. The number of benzene rings is 2. The number of para-hydroxylation sites is 1. The molecule has 2 aromatic carbocycles. The molecule has 10 heteroatoms. The lowest BCUT2D eigenvalue weighted by molar-refractivity contribution is -0.122. The molecule has 2 heterocycles. The van der Waals surface area contributed by atoms with Crippen LogP contribution in [0.1, 0.15) is 32.3 Å². The summed E-state index contributed by atoms with van der Waals surface area (Å²) < 4.78 is 3.65. The van der Waals surface area contributed by atoms with Crippen molar-refractivity contribution in [2.45, 2.75) is 52.7 Å². The van der Waals surface area contributed by atoms with Gasteiger partial charge in [-0.25, -0.2) is 13.9 Å². The molecule has 0 radical (unpaired) electrons. The molecular weight excluding hydrogens is 448 g/mol. The summed E-state index contributed by atoms with van der Waals surface area (Å²) in [5.41, 5.74) is 1.09. The third kappa shape index (κ3) is 5.01. The minimum Gasteiger partial charge on any atom is -0.354 e. The van der Waals surface area contributed by atoms with Gasteiger partial charge in [-0.3, -0.25) is 19.0 Å². The summed E-state index contributed by atoms with van der Waals surface area (Å²) in [6.07, 6.45) is 0.837. The second-order valence-electron chi connectivity index (χ2n) is 8.59. The van der Waals surface area contributed by atoms with E-state index in [2.05, 4.69) is 15.7 Å². The Bertz CT molecular complexity index is 1530. The molecule has 35 heavy (non-hydrogen) atoms. The second kappa shape index (κ2) is 9.96. The Kier molecular flexibility index (Phi) is 6.81. The van der Waals surface area contributed by atoms with Gasteiger partial charge in [-0.15, -0.1) is 5.10 Å². The van der Waals surface area contributed by atoms with Gasteiger partial charge in [0.1, 0.15) is 6.54 Å².